The molecule has 1 aliphatic carbocycles. The van der Waals surface area contributed by atoms with Crippen molar-refractivity contribution >= 4 is 23.2 Å². The normalized spacial score (nSPS) is 21.2. The van der Waals surface area contributed by atoms with Crippen molar-refractivity contribution < 1.29 is 9.59 Å². The second-order valence-corrected chi connectivity index (χ2v) is 10.9. The van der Waals surface area contributed by atoms with Crippen LogP contribution in [0.4, 0.5) is 0 Å². The number of nitrogens with zero attached hydrogens (tertiary/aromatic N) is 2. The van der Waals surface area contributed by atoms with Gasteiger partial charge in [0.1, 0.15) is 6.04 Å². The summed E-state index contributed by atoms with van der Waals surface area (Å²) in [5, 5.41) is 5.06. The maximum absolute atomic E-state index is 13.5. The van der Waals surface area contributed by atoms with Gasteiger partial charge >= 0.3 is 0 Å². The maximum Gasteiger partial charge on any atom is 0.254 e. The van der Waals surface area contributed by atoms with Crippen molar-refractivity contribution in [3.63, 3.8) is 0 Å². The van der Waals surface area contributed by atoms with Crippen molar-refractivity contribution in [1.29, 1.82) is 0 Å². The Balaban J connectivity index is 1.55. The quantitative estimate of drug-likeness (QED) is 0.570. The molecular formula is C27H38N4O2S. The van der Waals surface area contributed by atoms with Crippen molar-refractivity contribution in [3.8, 4) is 0 Å². The van der Waals surface area contributed by atoms with Gasteiger partial charge in [-0.05, 0) is 55.7 Å². The highest BCUT2D eigenvalue weighted by Gasteiger charge is 2.42. The fraction of sp³-hybridized carbons (Fsp3) is 0.556. The second-order valence-electron chi connectivity index (χ2n) is 9.82. The molecule has 1 aromatic carbocycles. The van der Waals surface area contributed by atoms with Crippen LogP contribution in [0.1, 0.15) is 59.3 Å². The first-order valence-corrected chi connectivity index (χ1v) is 13.5. The number of nitrogens with two attached hydrogens (primary N) is 1. The fourth-order valence-electron chi connectivity index (χ4n) is 5.37. The van der Waals surface area contributed by atoms with Crippen LogP contribution in [-0.4, -0.2) is 59.9 Å². The van der Waals surface area contributed by atoms with Crippen molar-refractivity contribution in [2.75, 3.05) is 26.2 Å². The molecule has 1 saturated heterocycles. The molecule has 3 N–H and O–H groups in total. The van der Waals surface area contributed by atoms with E-state index in [0.29, 0.717) is 37.5 Å². The third kappa shape index (κ3) is 6.26. The summed E-state index contributed by atoms with van der Waals surface area (Å²) in [7, 11) is 0. The highest BCUT2D eigenvalue weighted by Crippen LogP contribution is 2.31. The number of nitrogens with one attached hydrogen (secondary N) is 1. The Labute approximate surface area is 207 Å². The number of likely N-dealkylation sites (tertiary alicyclic amines) is 1. The summed E-state index contributed by atoms with van der Waals surface area (Å²) in [5.41, 5.74) is 7.38. The molecule has 7 heteroatoms. The molecule has 4 rings (SSSR count). The van der Waals surface area contributed by atoms with Gasteiger partial charge in [-0.15, -0.1) is 11.3 Å². The average molecular weight is 483 g/mol. The highest BCUT2D eigenvalue weighted by molar-refractivity contribution is 7.09. The lowest BCUT2D eigenvalue weighted by Crippen LogP contribution is -2.47. The Hall–Kier alpha value is -2.22. The first kappa shape index (κ1) is 24.9. The molecule has 0 spiro atoms. The van der Waals surface area contributed by atoms with Crippen LogP contribution in [-0.2, 0) is 11.3 Å². The van der Waals surface area contributed by atoms with Gasteiger partial charge in [-0.2, -0.15) is 0 Å². The van der Waals surface area contributed by atoms with Crippen LogP contribution in [0.3, 0.4) is 0 Å². The van der Waals surface area contributed by atoms with Crippen molar-refractivity contribution in [1.82, 2.24) is 15.1 Å². The molecule has 2 aliphatic rings. The first-order chi connectivity index (χ1) is 16.5. The molecule has 0 bridgehead atoms. The zero-order chi connectivity index (χ0) is 23.9. The van der Waals surface area contributed by atoms with E-state index in [1.807, 2.05) is 31.2 Å². The van der Waals surface area contributed by atoms with Crippen LogP contribution in [0.5, 0.6) is 0 Å². The fourth-order valence-corrected chi connectivity index (χ4v) is 6.10. The number of hydrogen-bond donors (Lipinski definition) is 2. The minimum absolute atomic E-state index is 0.0656. The van der Waals surface area contributed by atoms with Gasteiger partial charge in [0, 0.05) is 49.2 Å². The van der Waals surface area contributed by atoms with Crippen molar-refractivity contribution in [2.45, 2.75) is 64.1 Å². The number of aryl methyl sites for hydroxylation is 1. The molecule has 2 unspecified atom stereocenters. The minimum atomic E-state index is -0.470. The number of thiophene rings is 1. The van der Waals surface area contributed by atoms with Gasteiger partial charge in [0.15, 0.2) is 0 Å². The molecule has 2 aromatic rings. The Morgan fingerprint density at radius 2 is 1.91 bits per heavy atom. The molecule has 2 atom stereocenters. The van der Waals surface area contributed by atoms with Crippen LogP contribution in [0.15, 0.2) is 41.8 Å². The van der Waals surface area contributed by atoms with Gasteiger partial charge in [-0.1, -0.05) is 43.0 Å². The van der Waals surface area contributed by atoms with E-state index in [2.05, 4.69) is 27.7 Å². The molecule has 0 radical (unpaired) electrons. The van der Waals surface area contributed by atoms with Gasteiger partial charge in [0.25, 0.3) is 5.91 Å². The van der Waals surface area contributed by atoms with E-state index in [-0.39, 0.29) is 17.9 Å². The van der Waals surface area contributed by atoms with E-state index in [0.717, 1.165) is 18.7 Å². The van der Waals surface area contributed by atoms with E-state index in [1.165, 1.54) is 37.0 Å². The lowest BCUT2D eigenvalue weighted by molar-refractivity contribution is -0.124. The van der Waals surface area contributed by atoms with E-state index in [4.69, 9.17) is 5.73 Å². The summed E-state index contributed by atoms with van der Waals surface area (Å²) < 4.78 is 0. The van der Waals surface area contributed by atoms with Gasteiger partial charge in [0.05, 0.1) is 0 Å². The SMILES string of the molecule is Cc1ccc(C(=O)N2CC(N(Cc3cccs3)CC3CCCCC3)CC2C(=O)NCCN)cc1. The second kappa shape index (κ2) is 12.0. The molecule has 6 nitrogen and oxygen atoms in total. The molecule has 2 heterocycles. The summed E-state index contributed by atoms with van der Waals surface area (Å²) in [6, 6.07) is 11.6. The van der Waals surface area contributed by atoms with Gasteiger partial charge in [-0.25, -0.2) is 0 Å². The molecular weight excluding hydrogens is 444 g/mol. The first-order valence-electron chi connectivity index (χ1n) is 12.7. The predicted octanol–water partition coefficient (Wildman–Crippen LogP) is 3.80. The smallest absolute Gasteiger partial charge is 0.254 e. The highest BCUT2D eigenvalue weighted by atomic mass is 32.1. The van der Waals surface area contributed by atoms with E-state index >= 15 is 0 Å². The van der Waals surface area contributed by atoms with Crippen molar-refractivity contribution in [2.24, 2.45) is 11.7 Å². The van der Waals surface area contributed by atoms with Gasteiger partial charge in [-0.3, -0.25) is 14.5 Å². The minimum Gasteiger partial charge on any atom is -0.353 e. The monoisotopic (exact) mass is 482 g/mol. The lowest BCUT2D eigenvalue weighted by atomic mass is 9.88. The summed E-state index contributed by atoms with van der Waals surface area (Å²) >= 11 is 1.78. The zero-order valence-corrected chi connectivity index (χ0v) is 21.1. The average Bonchev–Trinajstić information content (AvgIpc) is 3.53. The topological polar surface area (TPSA) is 78.7 Å². The Morgan fingerprint density at radius 1 is 1.15 bits per heavy atom. The molecule has 1 aromatic heterocycles. The molecule has 2 amide bonds. The summed E-state index contributed by atoms with van der Waals surface area (Å²) in [4.78, 5) is 32.3. The number of carbonyl (C=O) groups excluding carboxylic acids is 2. The zero-order valence-electron chi connectivity index (χ0n) is 20.2. The number of amides is 2. The van der Waals surface area contributed by atoms with Gasteiger partial charge < -0.3 is 16.0 Å². The number of hydrogen-bond acceptors (Lipinski definition) is 5. The molecule has 1 aliphatic heterocycles. The summed E-state index contributed by atoms with van der Waals surface area (Å²) in [6.07, 6.45) is 7.17. The molecule has 1 saturated carbocycles. The van der Waals surface area contributed by atoms with Crippen LogP contribution in [0, 0.1) is 12.8 Å². The van der Waals surface area contributed by atoms with Crippen LogP contribution >= 0.6 is 11.3 Å². The summed E-state index contributed by atoms with van der Waals surface area (Å²) in [6.45, 7) is 5.31. The predicted molar refractivity (Wildman–Crippen MR) is 138 cm³/mol. The maximum atomic E-state index is 13.5. The molecule has 2 fully saturated rings. The Kier molecular flexibility index (Phi) is 8.75. The largest absolute Gasteiger partial charge is 0.353 e. The van der Waals surface area contributed by atoms with Crippen LogP contribution < -0.4 is 11.1 Å². The lowest BCUT2D eigenvalue weighted by Gasteiger charge is -2.33. The van der Waals surface area contributed by atoms with Crippen LogP contribution in [0.25, 0.3) is 0 Å². The number of carbonyl (C=O) groups is 2. The van der Waals surface area contributed by atoms with E-state index in [1.54, 1.807) is 16.2 Å². The van der Waals surface area contributed by atoms with Crippen molar-refractivity contribution in [3.05, 3.63) is 57.8 Å². The third-order valence-corrected chi connectivity index (χ3v) is 8.12. The standard InChI is InChI=1S/C27H38N4O2S/c1-20-9-11-22(12-10-20)27(33)31-18-23(16-25(31)26(32)29-14-13-28)30(19-24-8-5-15-34-24)17-21-6-3-2-4-7-21/h5,8-12,15,21,23,25H,2-4,6-7,13-14,16-19,28H2,1H3,(H,29,32). The number of rotatable bonds is 9. The Morgan fingerprint density at radius 3 is 2.59 bits per heavy atom. The Bertz CT molecular complexity index is 925. The summed E-state index contributed by atoms with van der Waals surface area (Å²) in [5.74, 6) is 0.534. The molecule has 34 heavy (non-hydrogen) atoms. The van der Waals surface area contributed by atoms with Crippen LogP contribution in [0.2, 0.25) is 0 Å². The van der Waals surface area contributed by atoms with E-state index in [9.17, 15) is 9.59 Å². The van der Waals surface area contributed by atoms with Gasteiger partial charge in [0.2, 0.25) is 5.91 Å². The molecule has 184 valence electrons. The third-order valence-electron chi connectivity index (χ3n) is 7.26. The van der Waals surface area contributed by atoms with E-state index < -0.39 is 6.04 Å². The number of benzene rings is 1.